The quantitative estimate of drug-likeness (QED) is 0.628. The zero-order valence-corrected chi connectivity index (χ0v) is 10.9. The molecule has 0 heterocycles. The molecule has 1 aromatic rings. The molecule has 0 amide bonds. The number of hydrogen-bond acceptors (Lipinski definition) is 2. The van der Waals surface area contributed by atoms with Crippen LogP contribution in [0.4, 0.5) is 0 Å². The maximum Gasteiger partial charge on any atom is 0.306 e. The molecule has 1 aliphatic carbocycles. The van der Waals surface area contributed by atoms with Crippen molar-refractivity contribution in [3.8, 4) is 0 Å². The molecule has 0 radical (unpaired) electrons. The lowest BCUT2D eigenvalue weighted by molar-refractivity contribution is -0.149. The van der Waals surface area contributed by atoms with Crippen molar-refractivity contribution in [2.24, 2.45) is 0 Å². The number of benzene rings is 1. The van der Waals surface area contributed by atoms with Crippen molar-refractivity contribution in [2.45, 2.75) is 37.1 Å². The molecular weight excluding hydrogens is 268 g/mol. The van der Waals surface area contributed by atoms with Crippen LogP contribution in [0.3, 0.4) is 0 Å². The smallest absolute Gasteiger partial charge is 0.306 e. The van der Waals surface area contributed by atoms with Gasteiger partial charge >= 0.3 is 5.97 Å². The third-order valence-electron chi connectivity index (χ3n) is 2.82. The molecule has 2 nitrogen and oxygen atoms in total. The van der Waals surface area contributed by atoms with E-state index in [0.717, 1.165) is 18.4 Å². The third-order valence-corrected chi connectivity index (χ3v) is 3.62. The van der Waals surface area contributed by atoms with Gasteiger partial charge in [0.25, 0.3) is 0 Å². The Balaban J connectivity index is 2.13. The van der Waals surface area contributed by atoms with E-state index < -0.39 is 0 Å². The van der Waals surface area contributed by atoms with E-state index in [1.54, 1.807) is 0 Å². The van der Waals surface area contributed by atoms with Crippen LogP contribution in [0.15, 0.2) is 24.3 Å². The molecule has 0 bridgehead atoms. The summed E-state index contributed by atoms with van der Waals surface area (Å²) in [5, 5.41) is 0. The summed E-state index contributed by atoms with van der Waals surface area (Å²) in [7, 11) is 0. The summed E-state index contributed by atoms with van der Waals surface area (Å²) >= 11 is 3.59. The van der Waals surface area contributed by atoms with Crippen LogP contribution in [-0.4, -0.2) is 10.8 Å². The largest absolute Gasteiger partial charge is 0.456 e. The van der Waals surface area contributed by atoms with E-state index in [4.69, 9.17) is 4.74 Å². The summed E-state index contributed by atoms with van der Waals surface area (Å²) in [5.74, 6) is -0.103. The van der Waals surface area contributed by atoms with Crippen LogP contribution in [0.25, 0.3) is 0 Å². The van der Waals surface area contributed by atoms with Gasteiger partial charge in [-0.1, -0.05) is 47.1 Å². The molecule has 1 aliphatic rings. The number of halogens is 1. The van der Waals surface area contributed by atoms with Crippen LogP contribution >= 0.6 is 15.9 Å². The monoisotopic (exact) mass is 282 g/mol. The average molecular weight is 283 g/mol. The van der Waals surface area contributed by atoms with Crippen LogP contribution in [0.2, 0.25) is 0 Å². The summed E-state index contributed by atoms with van der Waals surface area (Å²) < 4.78 is 5.50. The van der Waals surface area contributed by atoms with Gasteiger partial charge in [0.2, 0.25) is 0 Å². The van der Waals surface area contributed by atoms with Gasteiger partial charge in [-0.25, -0.2) is 0 Å². The fraction of sp³-hybridized carbons (Fsp3) is 0.462. The number of carbonyl (C=O) groups excluding carboxylic acids is 1. The Bertz CT molecular complexity index is 389. The highest BCUT2D eigenvalue weighted by Gasteiger charge is 2.33. The molecule has 1 aromatic carbocycles. The minimum absolute atomic E-state index is 0.103. The van der Waals surface area contributed by atoms with Crippen LogP contribution in [-0.2, 0) is 16.0 Å². The summed E-state index contributed by atoms with van der Waals surface area (Å²) in [6.45, 7) is 1.98. The van der Waals surface area contributed by atoms with Crippen molar-refractivity contribution >= 4 is 21.9 Å². The number of ether oxygens (including phenoxy) is 1. The van der Waals surface area contributed by atoms with Crippen molar-refractivity contribution in [1.29, 1.82) is 0 Å². The van der Waals surface area contributed by atoms with Crippen molar-refractivity contribution in [3.63, 3.8) is 0 Å². The van der Waals surface area contributed by atoms with Gasteiger partial charge in [-0.2, -0.15) is 0 Å². The Labute approximate surface area is 104 Å². The Morgan fingerprint density at radius 1 is 1.50 bits per heavy atom. The first-order valence-corrected chi connectivity index (χ1v) is 6.55. The SMILES string of the molecule is CCCC(=O)O[C@@H]1c2ccccc2C[C@H]1Br. The molecule has 0 unspecified atom stereocenters. The molecule has 0 saturated carbocycles. The Kier molecular flexibility index (Phi) is 3.64. The number of carbonyl (C=O) groups is 1. The molecular formula is C13H15BrO2. The number of fused-ring (bicyclic) bond motifs is 1. The van der Waals surface area contributed by atoms with Gasteiger partial charge in [-0.3, -0.25) is 4.79 Å². The van der Waals surface area contributed by atoms with Gasteiger partial charge in [0, 0.05) is 6.42 Å². The van der Waals surface area contributed by atoms with Gasteiger partial charge in [-0.05, 0) is 24.0 Å². The number of rotatable bonds is 3. The van der Waals surface area contributed by atoms with Crippen molar-refractivity contribution in [2.75, 3.05) is 0 Å². The van der Waals surface area contributed by atoms with E-state index >= 15 is 0 Å². The lowest BCUT2D eigenvalue weighted by Crippen LogP contribution is -2.15. The summed E-state index contributed by atoms with van der Waals surface area (Å²) in [6.07, 6.45) is 2.15. The Hall–Kier alpha value is -0.830. The normalized spacial score (nSPS) is 22.9. The highest BCUT2D eigenvalue weighted by atomic mass is 79.9. The lowest BCUT2D eigenvalue weighted by atomic mass is 10.1. The van der Waals surface area contributed by atoms with Crippen molar-refractivity contribution in [3.05, 3.63) is 35.4 Å². The maximum atomic E-state index is 11.5. The fourth-order valence-electron chi connectivity index (χ4n) is 2.05. The average Bonchev–Trinajstić information content (AvgIpc) is 2.56. The van der Waals surface area contributed by atoms with Crippen LogP contribution in [0.1, 0.15) is 37.0 Å². The summed E-state index contributed by atoms with van der Waals surface area (Å²) in [4.78, 5) is 11.7. The van der Waals surface area contributed by atoms with Crippen LogP contribution < -0.4 is 0 Å². The van der Waals surface area contributed by atoms with Crippen LogP contribution in [0.5, 0.6) is 0 Å². The van der Waals surface area contributed by atoms with E-state index in [-0.39, 0.29) is 16.9 Å². The molecule has 0 saturated heterocycles. The predicted molar refractivity (Wildman–Crippen MR) is 66.6 cm³/mol. The standard InChI is InChI=1S/C13H15BrO2/c1-2-5-12(15)16-13-10-7-4-3-6-9(10)8-11(13)14/h3-4,6-7,11,13H,2,5,8H2,1H3/t11-,13-/m1/s1. The van der Waals surface area contributed by atoms with Gasteiger partial charge in [0.1, 0.15) is 6.10 Å². The number of hydrogen-bond donors (Lipinski definition) is 0. The zero-order chi connectivity index (χ0) is 11.5. The molecule has 86 valence electrons. The summed E-state index contributed by atoms with van der Waals surface area (Å²) in [5.41, 5.74) is 2.42. The predicted octanol–water partition coefficient (Wildman–Crippen LogP) is 3.39. The molecule has 2 atom stereocenters. The molecule has 0 aliphatic heterocycles. The van der Waals surface area contributed by atoms with E-state index in [2.05, 4.69) is 22.0 Å². The van der Waals surface area contributed by atoms with Crippen LogP contribution in [0, 0.1) is 0 Å². The molecule has 0 fully saturated rings. The first kappa shape index (κ1) is 11.6. The molecule has 2 rings (SSSR count). The van der Waals surface area contributed by atoms with Gasteiger partial charge in [-0.15, -0.1) is 0 Å². The second-order valence-corrected chi connectivity index (χ2v) is 5.26. The first-order valence-electron chi connectivity index (χ1n) is 5.63. The van der Waals surface area contributed by atoms with Crippen molar-refractivity contribution < 1.29 is 9.53 Å². The molecule has 16 heavy (non-hydrogen) atoms. The highest BCUT2D eigenvalue weighted by molar-refractivity contribution is 9.09. The van der Waals surface area contributed by atoms with E-state index in [9.17, 15) is 4.79 Å². The highest BCUT2D eigenvalue weighted by Crippen LogP contribution is 2.38. The lowest BCUT2D eigenvalue weighted by Gasteiger charge is -2.16. The fourth-order valence-corrected chi connectivity index (χ4v) is 2.79. The van der Waals surface area contributed by atoms with Gasteiger partial charge in [0.05, 0.1) is 4.83 Å². The second kappa shape index (κ2) is 5.00. The molecule has 0 aromatic heterocycles. The maximum absolute atomic E-state index is 11.5. The summed E-state index contributed by atoms with van der Waals surface area (Å²) in [6, 6.07) is 8.15. The van der Waals surface area contributed by atoms with E-state index in [0.29, 0.717) is 6.42 Å². The Morgan fingerprint density at radius 2 is 2.25 bits per heavy atom. The third kappa shape index (κ3) is 2.29. The van der Waals surface area contributed by atoms with Crippen molar-refractivity contribution in [1.82, 2.24) is 0 Å². The zero-order valence-electron chi connectivity index (χ0n) is 9.28. The molecule has 0 spiro atoms. The van der Waals surface area contributed by atoms with Gasteiger partial charge < -0.3 is 4.74 Å². The van der Waals surface area contributed by atoms with Gasteiger partial charge in [0.15, 0.2) is 0 Å². The Morgan fingerprint density at radius 3 is 3.00 bits per heavy atom. The second-order valence-electron chi connectivity index (χ2n) is 4.08. The molecule has 3 heteroatoms. The molecule has 0 N–H and O–H groups in total. The van der Waals surface area contributed by atoms with E-state index in [1.165, 1.54) is 5.56 Å². The minimum Gasteiger partial charge on any atom is -0.456 e. The number of alkyl halides is 1. The topological polar surface area (TPSA) is 26.3 Å². The minimum atomic E-state index is -0.116. The number of esters is 1. The first-order chi connectivity index (χ1) is 7.72. The van der Waals surface area contributed by atoms with E-state index in [1.807, 2.05) is 25.1 Å².